The van der Waals surface area contributed by atoms with Gasteiger partial charge in [-0.25, -0.2) is 0 Å². The lowest BCUT2D eigenvalue weighted by atomic mass is 9.90. The second-order valence-electron chi connectivity index (χ2n) is 5.59. The molecule has 21 heavy (non-hydrogen) atoms. The third kappa shape index (κ3) is 3.59. The molecule has 2 amide bonds. The summed E-state index contributed by atoms with van der Waals surface area (Å²) in [6.45, 7) is 4.85. The monoisotopic (exact) mass is 290 g/mol. The second-order valence-corrected chi connectivity index (χ2v) is 5.59. The minimum atomic E-state index is -0.809. The number of nitrogens with one attached hydrogen (secondary N) is 2. The average Bonchev–Trinajstić information content (AvgIpc) is 2.62. The molecule has 0 radical (unpaired) electrons. The van der Waals surface area contributed by atoms with Gasteiger partial charge in [-0.1, -0.05) is 6.07 Å². The molecule has 0 aromatic heterocycles. The summed E-state index contributed by atoms with van der Waals surface area (Å²) < 4.78 is 5.14. The van der Waals surface area contributed by atoms with E-state index in [0.29, 0.717) is 11.4 Å². The predicted octanol–water partition coefficient (Wildman–Crippen LogP) is 1.93. The fraction of sp³-hybridized carbons (Fsp3) is 0.400. The predicted molar refractivity (Wildman–Crippen MR) is 77.7 cm³/mol. The van der Waals surface area contributed by atoms with Crippen molar-refractivity contribution in [2.45, 2.75) is 32.8 Å². The van der Waals surface area contributed by atoms with Crippen molar-refractivity contribution in [1.29, 1.82) is 0 Å². The van der Waals surface area contributed by atoms with Crippen molar-refractivity contribution in [3.8, 4) is 0 Å². The number of carbonyl (C=O) groups excluding carboxylic acids is 3. The molecule has 2 rings (SSSR count). The third-order valence-electron chi connectivity index (χ3n) is 3.35. The molecule has 1 atom stereocenters. The van der Waals surface area contributed by atoms with Crippen LogP contribution < -0.4 is 10.6 Å². The molecule has 1 fully saturated rings. The maximum absolute atomic E-state index is 12.3. The van der Waals surface area contributed by atoms with E-state index in [1.165, 1.54) is 6.92 Å². The standard InChI is InChI=1S/C15H18N2O4/c1-9(18)16-10-5-4-6-11(7-10)17-14(20)12-8-13(19)21-15(12,2)3/h4-7,12H,8H2,1-3H3,(H,16,18)(H,17,20)/t12-/m1/s1. The van der Waals surface area contributed by atoms with Gasteiger partial charge in [0.1, 0.15) is 5.60 Å². The molecule has 0 spiro atoms. The number of anilines is 2. The molecular formula is C15H18N2O4. The van der Waals surface area contributed by atoms with Crippen LogP contribution in [0.2, 0.25) is 0 Å². The molecule has 0 saturated carbocycles. The summed E-state index contributed by atoms with van der Waals surface area (Å²) in [5.41, 5.74) is 0.343. The molecule has 1 heterocycles. The highest BCUT2D eigenvalue weighted by molar-refractivity contribution is 5.97. The highest BCUT2D eigenvalue weighted by Crippen LogP contribution is 2.33. The third-order valence-corrected chi connectivity index (χ3v) is 3.35. The van der Waals surface area contributed by atoms with Crippen LogP contribution in [-0.2, 0) is 19.1 Å². The van der Waals surface area contributed by atoms with Gasteiger partial charge in [-0.05, 0) is 32.0 Å². The highest BCUT2D eigenvalue weighted by atomic mass is 16.6. The Bertz CT molecular complexity index is 595. The van der Waals surface area contributed by atoms with E-state index in [1.54, 1.807) is 38.1 Å². The van der Waals surface area contributed by atoms with Crippen LogP contribution in [0, 0.1) is 5.92 Å². The number of cyclic esters (lactones) is 1. The number of amides is 2. The van der Waals surface area contributed by atoms with Gasteiger partial charge in [0.25, 0.3) is 0 Å². The Morgan fingerprint density at radius 3 is 2.38 bits per heavy atom. The molecule has 1 aliphatic rings. The lowest BCUT2D eigenvalue weighted by Gasteiger charge is -2.23. The zero-order valence-electron chi connectivity index (χ0n) is 12.2. The van der Waals surface area contributed by atoms with E-state index >= 15 is 0 Å². The van der Waals surface area contributed by atoms with Crippen LogP contribution in [0.4, 0.5) is 11.4 Å². The van der Waals surface area contributed by atoms with Crippen LogP contribution in [0.1, 0.15) is 27.2 Å². The lowest BCUT2D eigenvalue weighted by molar-refractivity contribution is -0.147. The van der Waals surface area contributed by atoms with E-state index in [4.69, 9.17) is 4.74 Å². The molecule has 6 heteroatoms. The minimum absolute atomic E-state index is 0.0736. The van der Waals surface area contributed by atoms with Gasteiger partial charge in [0.05, 0.1) is 12.3 Å². The lowest BCUT2D eigenvalue weighted by Crippen LogP contribution is -2.36. The van der Waals surface area contributed by atoms with Crippen LogP contribution in [0.25, 0.3) is 0 Å². The molecule has 0 aliphatic carbocycles. The van der Waals surface area contributed by atoms with Gasteiger partial charge in [0.2, 0.25) is 11.8 Å². The number of benzene rings is 1. The Morgan fingerprint density at radius 1 is 1.24 bits per heavy atom. The molecule has 1 aromatic rings. The van der Waals surface area contributed by atoms with Crippen LogP contribution in [0.15, 0.2) is 24.3 Å². The van der Waals surface area contributed by atoms with Crippen molar-refractivity contribution in [2.24, 2.45) is 5.92 Å². The van der Waals surface area contributed by atoms with E-state index in [1.807, 2.05) is 0 Å². The first kappa shape index (κ1) is 15.0. The van der Waals surface area contributed by atoms with Crippen molar-refractivity contribution in [2.75, 3.05) is 10.6 Å². The topological polar surface area (TPSA) is 84.5 Å². The maximum Gasteiger partial charge on any atom is 0.307 e. The fourth-order valence-corrected chi connectivity index (χ4v) is 2.33. The number of esters is 1. The summed E-state index contributed by atoms with van der Waals surface area (Å²) in [6, 6.07) is 6.82. The molecular weight excluding hydrogens is 272 g/mol. The van der Waals surface area contributed by atoms with Crippen molar-refractivity contribution in [3.63, 3.8) is 0 Å². The van der Waals surface area contributed by atoms with E-state index in [2.05, 4.69) is 10.6 Å². The van der Waals surface area contributed by atoms with Crippen molar-refractivity contribution < 1.29 is 19.1 Å². The minimum Gasteiger partial charge on any atom is -0.459 e. The van der Waals surface area contributed by atoms with Crippen LogP contribution in [-0.4, -0.2) is 23.4 Å². The van der Waals surface area contributed by atoms with Crippen LogP contribution in [0.5, 0.6) is 0 Å². The SMILES string of the molecule is CC(=O)Nc1cccc(NC(=O)[C@H]2CC(=O)OC2(C)C)c1. The Kier molecular flexibility index (Phi) is 3.97. The molecule has 2 N–H and O–H groups in total. The van der Waals surface area contributed by atoms with Crippen molar-refractivity contribution >= 4 is 29.2 Å². The molecule has 0 unspecified atom stereocenters. The molecule has 1 aromatic carbocycles. The van der Waals surface area contributed by atoms with Crippen LogP contribution >= 0.6 is 0 Å². The molecule has 1 saturated heterocycles. The largest absolute Gasteiger partial charge is 0.459 e. The Labute approximate surface area is 122 Å². The van der Waals surface area contributed by atoms with Gasteiger partial charge in [-0.15, -0.1) is 0 Å². The number of rotatable bonds is 3. The molecule has 1 aliphatic heterocycles. The number of ether oxygens (including phenoxy) is 1. The van der Waals surface area contributed by atoms with E-state index in [-0.39, 0.29) is 24.2 Å². The molecule has 112 valence electrons. The van der Waals surface area contributed by atoms with Crippen molar-refractivity contribution in [3.05, 3.63) is 24.3 Å². The second kappa shape index (κ2) is 5.55. The van der Waals surface area contributed by atoms with Gasteiger partial charge in [0, 0.05) is 18.3 Å². The Morgan fingerprint density at radius 2 is 1.86 bits per heavy atom. The average molecular weight is 290 g/mol. The first-order valence-corrected chi connectivity index (χ1v) is 6.68. The van der Waals surface area contributed by atoms with Gasteiger partial charge in [0.15, 0.2) is 0 Å². The van der Waals surface area contributed by atoms with E-state index < -0.39 is 11.5 Å². The van der Waals surface area contributed by atoms with E-state index in [9.17, 15) is 14.4 Å². The Hall–Kier alpha value is -2.37. The summed E-state index contributed by atoms with van der Waals surface area (Å²) >= 11 is 0. The summed E-state index contributed by atoms with van der Waals surface area (Å²) in [5, 5.41) is 5.39. The summed E-state index contributed by atoms with van der Waals surface area (Å²) in [7, 11) is 0. The number of hydrogen-bond acceptors (Lipinski definition) is 4. The first-order valence-electron chi connectivity index (χ1n) is 6.68. The normalized spacial score (nSPS) is 19.8. The van der Waals surface area contributed by atoms with Gasteiger partial charge in [-0.2, -0.15) is 0 Å². The summed E-state index contributed by atoms with van der Waals surface area (Å²) in [6.07, 6.45) is 0.0736. The van der Waals surface area contributed by atoms with Crippen molar-refractivity contribution in [1.82, 2.24) is 0 Å². The number of carbonyl (C=O) groups is 3. The highest BCUT2D eigenvalue weighted by Gasteiger charge is 2.46. The van der Waals surface area contributed by atoms with Gasteiger partial charge in [-0.3, -0.25) is 14.4 Å². The number of hydrogen-bond donors (Lipinski definition) is 2. The molecule has 0 bridgehead atoms. The zero-order chi connectivity index (χ0) is 15.6. The first-order chi connectivity index (χ1) is 9.78. The zero-order valence-corrected chi connectivity index (χ0v) is 12.2. The summed E-state index contributed by atoms with van der Waals surface area (Å²) in [4.78, 5) is 34.7. The smallest absolute Gasteiger partial charge is 0.307 e. The van der Waals surface area contributed by atoms with Crippen LogP contribution in [0.3, 0.4) is 0 Å². The summed E-state index contributed by atoms with van der Waals surface area (Å²) in [5.74, 6) is -1.36. The fourth-order valence-electron chi connectivity index (χ4n) is 2.33. The molecule has 6 nitrogen and oxygen atoms in total. The quantitative estimate of drug-likeness (QED) is 0.833. The van der Waals surface area contributed by atoms with Gasteiger partial charge >= 0.3 is 5.97 Å². The van der Waals surface area contributed by atoms with Gasteiger partial charge < -0.3 is 15.4 Å². The maximum atomic E-state index is 12.3. The Balaban J connectivity index is 2.09. The van der Waals surface area contributed by atoms with E-state index in [0.717, 1.165) is 0 Å².